The largest absolute Gasteiger partial charge is 0.493 e. The lowest BCUT2D eigenvalue weighted by atomic mass is 10.1. The molecule has 0 amide bonds. The SMILES string of the molecule is CCC(CC)COc1ccc([O])cc1. The predicted octanol–water partition coefficient (Wildman–Crippen LogP) is 3.65. The monoisotopic (exact) mass is 193 g/mol. The Hall–Kier alpha value is -1.18. The van der Waals surface area contributed by atoms with E-state index in [9.17, 15) is 5.11 Å². The van der Waals surface area contributed by atoms with Crippen LogP contribution in [0.2, 0.25) is 0 Å². The smallest absolute Gasteiger partial charge is 0.178 e. The zero-order valence-corrected chi connectivity index (χ0v) is 8.82. The lowest BCUT2D eigenvalue weighted by Crippen LogP contribution is -2.09. The molecule has 2 nitrogen and oxygen atoms in total. The maximum Gasteiger partial charge on any atom is 0.178 e. The van der Waals surface area contributed by atoms with Crippen molar-refractivity contribution in [3.05, 3.63) is 24.3 Å². The summed E-state index contributed by atoms with van der Waals surface area (Å²) in [7, 11) is 0. The summed E-state index contributed by atoms with van der Waals surface area (Å²) in [5, 5.41) is 10.8. The first-order valence-corrected chi connectivity index (χ1v) is 5.16. The second-order valence-corrected chi connectivity index (χ2v) is 3.46. The molecule has 0 spiro atoms. The Balaban J connectivity index is 2.41. The van der Waals surface area contributed by atoms with Crippen LogP contribution in [0.3, 0.4) is 0 Å². The summed E-state index contributed by atoms with van der Waals surface area (Å²) in [6.07, 6.45) is 2.27. The third kappa shape index (κ3) is 3.29. The standard InChI is InChI=1S/C12H17O2/c1-3-10(4-2)9-14-12-7-5-11(13)6-8-12/h5-8,10H,3-4,9H2,1-2H3. The summed E-state index contributed by atoms with van der Waals surface area (Å²) in [5.41, 5.74) is 0. The van der Waals surface area contributed by atoms with Gasteiger partial charge in [0.25, 0.3) is 0 Å². The second-order valence-electron chi connectivity index (χ2n) is 3.46. The van der Waals surface area contributed by atoms with Gasteiger partial charge in [-0.15, -0.1) is 0 Å². The number of hydrogen-bond donors (Lipinski definition) is 0. The van der Waals surface area contributed by atoms with Gasteiger partial charge in [0.2, 0.25) is 0 Å². The number of rotatable bonds is 5. The van der Waals surface area contributed by atoms with Crippen LogP contribution >= 0.6 is 0 Å². The highest BCUT2D eigenvalue weighted by Gasteiger charge is 2.04. The molecule has 0 N–H and O–H groups in total. The van der Waals surface area contributed by atoms with Gasteiger partial charge < -0.3 is 4.74 Å². The Morgan fingerprint density at radius 2 is 1.71 bits per heavy atom. The molecule has 1 radical (unpaired) electrons. The molecule has 1 aromatic carbocycles. The molecule has 2 heteroatoms. The van der Waals surface area contributed by atoms with E-state index in [2.05, 4.69) is 13.8 Å². The summed E-state index contributed by atoms with van der Waals surface area (Å²) in [6, 6.07) is 6.51. The quantitative estimate of drug-likeness (QED) is 0.701. The van der Waals surface area contributed by atoms with Crippen LogP contribution in [0.15, 0.2) is 24.3 Å². The molecule has 0 saturated carbocycles. The van der Waals surface area contributed by atoms with Crippen LogP contribution in [-0.2, 0) is 5.11 Å². The van der Waals surface area contributed by atoms with Gasteiger partial charge in [0.15, 0.2) is 5.75 Å². The van der Waals surface area contributed by atoms with Crippen molar-refractivity contribution in [1.29, 1.82) is 0 Å². The van der Waals surface area contributed by atoms with E-state index in [0.29, 0.717) is 5.92 Å². The third-order valence-corrected chi connectivity index (χ3v) is 2.46. The van der Waals surface area contributed by atoms with Crippen molar-refractivity contribution < 1.29 is 9.84 Å². The summed E-state index contributed by atoms with van der Waals surface area (Å²) in [6.45, 7) is 5.07. The van der Waals surface area contributed by atoms with E-state index < -0.39 is 0 Å². The molecular formula is C12H17O2. The summed E-state index contributed by atoms with van der Waals surface area (Å²) in [4.78, 5) is 0. The van der Waals surface area contributed by atoms with Gasteiger partial charge in [0.1, 0.15) is 5.75 Å². The van der Waals surface area contributed by atoms with Crippen molar-refractivity contribution in [2.75, 3.05) is 6.61 Å². The predicted molar refractivity (Wildman–Crippen MR) is 56.1 cm³/mol. The highest BCUT2D eigenvalue weighted by atomic mass is 16.5. The van der Waals surface area contributed by atoms with E-state index in [-0.39, 0.29) is 5.75 Å². The van der Waals surface area contributed by atoms with Gasteiger partial charge >= 0.3 is 0 Å². The molecule has 0 aromatic heterocycles. The molecule has 0 heterocycles. The van der Waals surface area contributed by atoms with E-state index in [1.165, 1.54) is 12.1 Å². The molecule has 77 valence electrons. The van der Waals surface area contributed by atoms with Crippen LogP contribution in [0, 0.1) is 5.92 Å². The molecule has 0 unspecified atom stereocenters. The first kappa shape index (κ1) is 10.9. The minimum Gasteiger partial charge on any atom is -0.493 e. The van der Waals surface area contributed by atoms with E-state index in [4.69, 9.17) is 4.74 Å². The van der Waals surface area contributed by atoms with Crippen molar-refractivity contribution in [2.24, 2.45) is 5.92 Å². The molecule has 14 heavy (non-hydrogen) atoms. The fraction of sp³-hybridized carbons (Fsp3) is 0.500. The molecule has 0 atom stereocenters. The Morgan fingerprint density at radius 1 is 1.14 bits per heavy atom. The topological polar surface area (TPSA) is 29.1 Å². The first-order valence-electron chi connectivity index (χ1n) is 5.16. The Bertz CT molecular complexity index is 250. The molecule has 0 bridgehead atoms. The minimum atomic E-state index is 0.0277. The highest BCUT2D eigenvalue weighted by Crippen LogP contribution is 2.18. The minimum absolute atomic E-state index is 0.0277. The average Bonchev–Trinajstić information content (AvgIpc) is 2.22. The molecule has 0 aliphatic rings. The summed E-state index contributed by atoms with van der Waals surface area (Å²) < 4.78 is 5.57. The van der Waals surface area contributed by atoms with E-state index in [0.717, 1.165) is 25.2 Å². The van der Waals surface area contributed by atoms with Crippen molar-refractivity contribution >= 4 is 0 Å². The maximum absolute atomic E-state index is 10.8. The van der Waals surface area contributed by atoms with Gasteiger partial charge in [-0.1, -0.05) is 26.7 Å². The van der Waals surface area contributed by atoms with E-state index >= 15 is 0 Å². The van der Waals surface area contributed by atoms with E-state index in [1.54, 1.807) is 12.1 Å². The fourth-order valence-corrected chi connectivity index (χ4v) is 1.27. The fourth-order valence-electron chi connectivity index (χ4n) is 1.27. The number of benzene rings is 1. The van der Waals surface area contributed by atoms with Crippen molar-refractivity contribution in [1.82, 2.24) is 0 Å². The zero-order chi connectivity index (χ0) is 10.4. The van der Waals surface area contributed by atoms with Crippen molar-refractivity contribution in [3.8, 4) is 11.5 Å². The van der Waals surface area contributed by atoms with Gasteiger partial charge in [0, 0.05) is 0 Å². The zero-order valence-electron chi connectivity index (χ0n) is 8.82. The highest BCUT2D eigenvalue weighted by molar-refractivity contribution is 5.29. The van der Waals surface area contributed by atoms with Crippen LogP contribution < -0.4 is 4.74 Å². The molecule has 1 aromatic rings. The first-order chi connectivity index (χ1) is 6.76. The second kappa shape index (κ2) is 5.53. The molecule has 0 fully saturated rings. The van der Waals surface area contributed by atoms with E-state index in [1.807, 2.05) is 0 Å². The Morgan fingerprint density at radius 3 is 2.21 bits per heavy atom. The number of ether oxygens (including phenoxy) is 1. The summed E-state index contributed by atoms with van der Waals surface area (Å²) in [5.74, 6) is 1.43. The van der Waals surface area contributed by atoms with Crippen LogP contribution in [0.1, 0.15) is 26.7 Å². The Labute approximate surface area is 85.5 Å². The Kier molecular flexibility index (Phi) is 4.30. The lowest BCUT2D eigenvalue weighted by Gasteiger charge is -2.13. The van der Waals surface area contributed by atoms with Crippen LogP contribution in [-0.4, -0.2) is 6.61 Å². The van der Waals surface area contributed by atoms with Crippen LogP contribution in [0.5, 0.6) is 11.5 Å². The molecule has 0 aliphatic carbocycles. The van der Waals surface area contributed by atoms with Gasteiger partial charge in [0.05, 0.1) is 6.61 Å². The van der Waals surface area contributed by atoms with Gasteiger partial charge in [-0.3, -0.25) is 5.11 Å². The molecular weight excluding hydrogens is 176 g/mol. The lowest BCUT2D eigenvalue weighted by molar-refractivity contribution is 0.240. The number of hydrogen-bond acceptors (Lipinski definition) is 1. The van der Waals surface area contributed by atoms with Gasteiger partial charge in [-0.05, 0) is 30.2 Å². The van der Waals surface area contributed by atoms with Gasteiger partial charge in [-0.2, -0.15) is 0 Å². The summed E-state index contributed by atoms with van der Waals surface area (Å²) >= 11 is 0. The molecule has 1 rings (SSSR count). The average molecular weight is 193 g/mol. The normalized spacial score (nSPS) is 10.5. The van der Waals surface area contributed by atoms with Crippen LogP contribution in [0.25, 0.3) is 0 Å². The molecule has 0 saturated heterocycles. The third-order valence-electron chi connectivity index (χ3n) is 2.46. The van der Waals surface area contributed by atoms with Crippen molar-refractivity contribution in [2.45, 2.75) is 26.7 Å². The molecule has 0 aliphatic heterocycles. The van der Waals surface area contributed by atoms with Crippen molar-refractivity contribution in [3.63, 3.8) is 0 Å². The maximum atomic E-state index is 10.8. The van der Waals surface area contributed by atoms with Gasteiger partial charge in [-0.25, -0.2) is 0 Å². The van der Waals surface area contributed by atoms with Crippen LogP contribution in [0.4, 0.5) is 0 Å².